The number of ether oxygens (including phenoxy) is 1. The van der Waals surface area contributed by atoms with Crippen LogP contribution >= 0.6 is 0 Å². The topological polar surface area (TPSA) is 58.6 Å². The average molecular weight is 419 g/mol. The second-order valence-electron chi connectivity index (χ2n) is 8.51. The molecule has 1 fully saturated rings. The molecule has 2 aliphatic rings. The zero-order chi connectivity index (χ0) is 21.7. The Morgan fingerprint density at radius 3 is 2.45 bits per heavy atom. The molecular formula is C26H30N2O3. The quantitative estimate of drug-likeness (QED) is 0.617. The molecule has 1 atom stereocenters. The van der Waals surface area contributed by atoms with Gasteiger partial charge in [0.2, 0.25) is 12.3 Å². The van der Waals surface area contributed by atoms with E-state index in [9.17, 15) is 9.59 Å². The molecular weight excluding hydrogens is 388 g/mol. The van der Waals surface area contributed by atoms with Crippen LogP contribution in [0.5, 0.6) is 5.75 Å². The van der Waals surface area contributed by atoms with Crippen LogP contribution < -0.4 is 10.1 Å². The van der Waals surface area contributed by atoms with Crippen LogP contribution in [-0.2, 0) is 21.5 Å². The number of nitrogens with one attached hydrogen (secondary N) is 1. The lowest BCUT2D eigenvalue weighted by Crippen LogP contribution is -2.52. The lowest BCUT2D eigenvalue weighted by molar-refractivity contribution is -0.134. The molecule has 2 aliphatic carbocycles. The van der Waals surface area contributed by atoms with Crippen LogP contribution in [0.15, 0.2) is 66.4 Å². The first-order chi connectivity index (χ1) is 15.2. The molecule has 0 bridgehead atoms. The number of hydrogen-bond acceptors (Lipinski definition) is 3. The van der Waals surface area contributed by atoms with E-state index in [0.29, 0.717) is 6.54 Å². The Kier molecular flexibility index (Phi) is 6.40. The fraction of sp³-hybridized carbons (Fsp3) is 0.385. The van der Waals surface area contributed by atoms with E-state index in [4.69, 9.17) is 4.74 Å². The first-order valence-electron chi connectivity index (χ1n) is 11.1. The molecule has 1 N–H and O–H groups in total. The Bertz CT molecular complexity index is 933. The van der Waals surface area contributed by atoms with Crippen molar-refractivity contribution in [3.8, 4) is 5.75 Å². The molecule has 4 rings (SSSR count). The number of hydrogen-bond donors (Lipinski definition) is 1. The summed E-state index contributed by atoms with van der Waals surface area (Å²) in [5.74, 6) is 0.689. The van der Waals surface area contributed by atoms with Crippen LogP contribution in [0.25, 0.3) is 0 Å². The van der Waals surface area contributed by atoms with Crippen LogP contribution in [0, 0.1) is 0 Å². The SMILES string of the molecule is COc1ccc(C2(C(C(=O)NC3=CCCCC3)N(C=O)Cc3ccccc3)CC2)cc1. The van der Waals surface area contributed by atoms with E-state index in [0.717, 1.165) is 67.5 Å². The van der Waals surface area contributed by atoms with Gasteiger partial charge < -0.3 is 15.0 Å². The molecule has 0 radical (unpaired) electrons. The van der Waals surface area contributed by atoms with Gasteiger partial charge in [0, 0.05) is 17.7 Å². The van der Waals surface area contributed by atoms with Gasteiger partial charge in [0.15, 0.2) is 0 Å². The van der Waals surface area contributed by atoms with Crippen molar-refractivity contribution in [3.05, 3.63) is 77.5 Å². The Labute approximate surface area is 184 Å². The molecule has 5 heteroatoms. The van der Waals surface area contributed by atoms with E-state index in [-0.39, 0.29) is 11.3 Å². The molecule has 162 valence electrons. The molecule has 0 heterocycles. The van der Waals surface area contributed by atoms with E-state index in [2.05, 4.69) is 11.4 Å². The lowest BCUT2D eigenvalue weighted by atomic mass is 9.86. The molecule has 0 spiro atoms. The van der Waals surface area contributed by atoms with E-state index in [1.54, 1.807) is 12.0 Å². The maximum Gasteiger partial charge on any atom is 0.247 e. The van der Waals surface area contributed by atoms with Crippen molar-refractivity contribution in [1.82, 2.24) is 10.2 Å². The monoisotopic (exact) mass is 418 g/mol. The summed E-state index contributed by atoms with van der Waals surface area (Å²) >= 11 is 0. The number of benzene rings is 2. The second kappa shape index (κ2) is 9.38. The minimum atomic E-state index is -0.568. The van der Waals surface area contributed by atoms with Gasteiger partial charge in [-0.3, -0.25) is 9.59 Å². The highest BCUT2D eigenvalue weighted by Gasteiger charge is 2.56. The Hall–Kier alpha value is -3.08. The van der Waals surface area contributed by atoms with Crippen molar-refractivity contribution in [2.24, 2.45) is 0 Å². The fourth-order valence-corrected chi connectivity index (χ4v) is 4.66. The summed E-state index contributed by atoms with van der Waals surface area (Å²) in [5.41, 5.74) is 2.69. The van der Waals surface area contributed by atoms with Crippen molar-refractivity contribution < 1.29 is 14.3 Å². The normalized spacial score (nSPS) is 17.8. The van der Waals surface area contributed by atoms with Gasteiger partial charge in [0.1, 0.15) is 11.8 Å². The van der Waals surface area contributed by atoms with Crippen molar-refractivity contribution >= 4 is 12.3 Å². The summed E-state index contributed by atoms with van der Waals surface area (Å²) in [6.45, 7) is 0.402. The molecule has 1 saturated carbocycles. The number of carbonyl (C=O) groups excluding carboxylic acids is 2. The fourth-order valence-electron chi connectivity index (χ4n) is 4.66. The highest BCUT2D eigenvalue weighted by molar-refractivity contribution is 5.88. The average Bonchev–Trinajstić information content (AvgIpc) is 3.61. The van der Waals surface area contributed by atoms with Gasteiger partial charge in [-0.2, -0.15) is 0 Å². The van der Waals surface area contributed by atoms with Gasteiger partial charge in [-0.1, -0.05) is 48.5 Å². The third kappa shape index (κ3) is 4.66. The third-order valence-electron chi connectivity index (χ3n) is 6.48. The predicted octanol–water partition coefficient (Wildman–Crippen LogP) is 4.33. The van der Waals surface area contributed by atoms with Gasteiger partial charge in [0.25, 0.3) is 0 Å². The molecule has 2 aromatic rings. The molecule has 31 heavy (non-hydrogen) atoms. The minimum absolute atomic E-state index is 0.0931. The summed E-state index contributed by atoms with van der Waals surface area (Å²) < 4.78 is 5.30. The summed E-state index contributed by atoms with van der Waals surface area (Å²) in [6.07, 6.45) is 8.81. The molecule has 0 aliphatic heterocycles. The predicted molar refractivity (Wildman–Crippen MR) is 120 cm³/mol. The van der Waals surface area contributed by atoms with Crippen LogP contribution in [0.2, 0.25) is 0 Å². The van der Waals surface area contributed by atoms with Gasteiger partial charge in [-0.25, -0.2) is 0 Å². The highest BCUT2D eigenvalue weighted by Crippen LogP contribution is 2.53. The first-order valence-corrected chi connectivity index (χ1v) is 11.1. The molecule has 1 unspecified atom stereocenters. The maximum atomic E-state index is 13.6. The Morgan fingerprint density at radius 2 is 1.87 bits per heavy atom. The van der Waals surface area contributed by atoms with Crippen LogP contribution in [0.4, 0.5) is 0 Å². The lowest BCUT2D eigenvalue weighted by Gasteiger charge is -2.35. The van der Waals surface area contributed by atoms with E-state index in [1.807, 2.05) is 54.6 Å². The van der Waals surface area contributed by atoms with E-state index < -0.39 is 6.04 Å². The van der Waals surface area contributed by atoms with E-state index >= 15 is 0 Å². The van der Waals surface area contributed by atoms with Gasteiger partial charge >= 0.3 is 0 Å². The smallest absolute Gasteiger partial charge is 0.247 e. The summed E-state index contributed by atoms with van der Waals surface area (Å²) in [7, 11) is 1.64. The molecule has 2 amide bonds. The third-order valence-corrected chi connectivity index (χ3v) is 6.48. The van der Waals surface area contributed by atoms with Crippen molar-refractivity contribution in [2.45, 2.75) is 56.5 Å². The van der Waals surface area contributed by atoms with Gasteiger partial charge in [0.05, 0.1) is 7.11 Å². The van der Waals surface area contributed by atoms with Crippen molar-refractivity contribution in [3.63, 3.8) is 0 Å². The standard InChI is InChI=1S/C26H30N2O3/c1-31-23-14-12-21(13-15-23)26(16-17-26)24(25(30)27-22-10-6-3-7-11-22)28(19-29)18-20-8-4-2-5-9-20/h2,4-5,8-10,12-15,19,24H,3,6-7,11,16-18H2,1H3,(H,27,30). The van der Waals surface area contributed by atoms with Crippen LogP contribution in [0.1, 0.15) is 49.7 Å². The number of carbonyl (C=O) groups is 2. The van der Waals surface area contributed by atoms with Crippen LogP contribution in [-0.4, -0.2) is 30.4 Å². The summed E-state index contributed by atoms with van der Waals surface area (Å²) in [5, 5.41) is 3.15. The first kappa shape index (κ1) is 21.2. The molecule has 2 aromatic carbocycles. The maximum absolute atomic E-state index is 13.6. The number of allylic oxidation sites excluding steroid dienone is 2. The van der Waals surface area contributed by atoms with Crippen LogP contribution in [0.3, 0.4) is 0 Å². The Morgan fingerprint density at radius 1 is 1.13 bits per heavy atom. The van der Waals surface area contributed by atoms with Crippen molar-refractivity contribution in [2.75, 3.05) is 7.11 Å². The second-order valence-corrected chi connectivity index (χ2v) is 8.51. The highest BCUT2D eigenvalue weighted by atomic mass is 16.5. The number of nitrogens with zero attached hydrogens (tertiary/aromatic N) is 1. The minimum Gasteiger partial charge on any atom is -0.497 e. The summed E-state index contributed by atoms with van der Waals surface area (Å²) in [6, 6.07) is 17.2. The largest absolute Gasteiger partial charge is 0.497 e. The number of amides is 2. The zero-order valence-electron chi connectivity index (χ0n) is 18.0. The van der Waals surface area contributed by atoms with E-state index in [1.165, 1.54) is 0 Å². The number of rotatable bonds is 9. The van der Waals surface area contributed by atoms with Crippen molar-refractivity contribution in [1.29, 1.82) is 0 Å². The van der Waals surface area contributed by atoms with Gasteiger partial charge in [-0.05, 0) is 61.8 Å². The van der Waals surface area contributed by atoms with Gasteiger partial charge in [-0.15, -0.1) is 0 Å². The number of methoxy groups -OCH3 is 1. The zero-order valence-corrected chi connectivity index (χ0v) is 18.0. The Balaban J connectivity index is 1.66. The molecule has 0 aromatic heterocycles. The molecule has 5 nitrogen and oxygen atoms in total. The molecule has 0 saturated heterocycles. The summed E-state index contributed by atoms with van der Waals surface area (Å²) in [4.78, 5) is 27.5.